The molecule has 0 saturated heterocycles. The maximum atomic E-state index is 12.5. The van der Waals surface area contributed by atoms with Crippen LogP contribution in [0.3, 0.4) is 0 Å². The molecule has 2 rings (SSSR count). The summed E-state index contributed by atoms with van der Waals surface area (Å²) in [7, 11) is 0. The zero-order valence-corrected chi connectivity index (χ0v) is 7.21. The Bertz CT molecular complexity index is 401. The third kappa shape index (κ3) is 1.41. The van der Waals surface area contributed by atoms with E-state index in [1.54, 1.807) is 0 Å². The van der Waals surface area contributed by atoms with Crippen molar-refractivity contribution >= 4 is 5.78 Å². The molecule has 0 atom stereocenters. The Morgan fingerprint density at radius 2 is 1.93 bits per heavy atom. The van der Waals surface area contributed by atoms with Gasteiger partial charge in [-0.05, 0) is 25.1 Å². The lowest BCUT2D eigenvalue weighted by molar-refractivity contribution is -0.286. The Labute approximate surface area is 78.2 Å². The molecule has 1 aliphatic rings. The number of carbonyl (C=O) groups excluding carboxylic acids is 1. The highest BCUT2D eigenvalue weighted by molar-refractivity contribution is 5.94. The maximum Gasteiger partial charge on any atom is 0.586 e. The second-order valence-corrected chi connectivity index (χ2v) is 2.89. The van der Waals surface area contributed by atoms with Gasteiger partial charge in [-0.1, -0.05) is 0 Å². The van der Waals surface area contributed by atoms with Gasteiger partial charge in [-0.15, -0.1) is 8.78 Å². The molecule has 1 aliphatic heterocycles. The van der Waals surface area contributed by atoms with Crippen molar-refractivity contribution in [1.82, 2.24) is 0 Å². The summed E-state index contributed by atoms with van der Waals surface area (Å²) >= 11 is 0. The summed E-state index contributed by atoms with van der Waals surface area (Å²) in [5.74, 6) is -0.380. The van der Waals surface area contributed by atoms with Crippen LogP contribution in [0.25, 0.3) is 0 Å². The predicted molar refractivity (Wildman–Crippen MR) is 42.6 cm³/mol. The second-order valence-electron chi connectivity index (χ2n) is 2.89. The third-order valence-electron chi connectivity index (χ3n) is 1.81. The van der Waals surface area contributed by atoms with Gasteiger partial charge in [-0.3, -0.25) is 4.79 Å². The molecule has 0 amide bonds. The lowest BCUT2D eigenvalue weighted by Crippen LogP contribution is -2.25. The van der Waals surface area contributed by atoms with Crippen molar-refractivity contribution in [2.24, 2.45) is 0 Å². The normalized spacial score (nSPS) is 16.8. The minimum absolute atomic E-state index is 0.0556. The van der Waals surface area contributed by atoms with Crippen LogP contribution in [0.4, 0.5) is 8.78 Å². The number of rotatable bonds is 1. The van der Waals surface area contributed by atoms with Gasteiger partial charge in [0.1, 0.15) is 0 Å². The van der Waals surface area contributed by atoms with E-state index in [9.17, 15) is 13.6 Å². The standard InChI is InChI=1S/C9H6F2O3/c1-5(12)6-2-3-7-8(4-6)14-9(10,11)13-7/h2-4H,1H3. The number of carbonyl (C=O) groups is 1. The maximum absolute atomic E-state index is 12.5. The average molecular weight is 200 g/mol. The van der Waals surface area contributed by atoms with Gasteiger partial charge >= 0.3 is 6.29 Å². The van der Waals surface area contributed by atoms with Gasteiger partial charge in [0.15, 0.2) is 17.3 Å². The molecule has 0 fully saturated rings. The number of alkyl halides is 2. The number of halogens is 2. The quantitative estimate of drug-likeness (QED) is 0.652. The zero-order valence-electron chi connectivity index (χ0n) is 7.21. The van der Waals surface area contributed by atoms with E-state index >= 15 is 0 Å². The first-order chi connectivity index (χ1) is 6.48. The predicted octanol–water partition coefficient (Wildman–Crippen LogP) is 2.21. The molecule has 0 N–H and O–H groups in total. The second kappa shape index (κ2) is 2.67. The Balaban J connectivity index is 2.40. The number of ketones is 1. The van der Waals surface area contributed by atoms with Gasteiger partial charge in [-0.2, -0.15) is 0 Å². The van der Waals surface area contributed by atoms with Gasteiger partial charge in [0.05, 0.1) is 0 Å². The number of Topliss-reactive ketones (excluding diaryl/α,β-unsaturated/α-hetero) is 1. The molecule has 0 unspecified atom stereocenters. The van der Waals surface area contributed by atoms with Crippen LogP contribution in [0, 0.1) is 0 Å². The first-order valence-corrected chi connectivity index (χ1v) is 3.89. The van der Waals surface area contributed by atoms with Crippen LogP contribution in [-0.4, -0.2) is 12.1 Å². The van der Waals surface area contributed by atoms with Crippen molar-refractivity contribution in [2.75, 3.05) is 0 Å². The van der Waals surface area contributed by atoms with Crippen molar-refractivity contribution in [3.63, 3.8) is 0 Å². The monoisotopic (exact) mass is 200 g/mol. The van der Waals surface area contributed by atoms with Crippen LogP contribution in [0.15, 0.2) is 18.2 Å². The summed E-state index contributed by atoms with van der Waals surface area (Å²) in [6.07, 6.45) is -3.63. The Kier molecular flexibility index (Phi) is 1.70. The lowest BCUT2D eigenvalue weighted by atomic mass is 10.1. The summed E-state index contributed by atoms with van der Waals surface area (Å²) in [6.45, 7) is 1.34. The molecule has 5 heteroatoms. The van der Waals surface area contributed by atoms with E-state index in [4.69, 9.17) is 0 Å². The van der Waals surface area contributed by atoms with E-state index in [2.05, 4.69) is 9.47 Å². The fraction of sp³-hybridized carbons (Fsp3) is 0.222. The van der Waals surface area contributed by atoms with Gasteiger partial charge < -0.3 is 9.47 Å². The van der Waals surface area contributed by atoms with Crippen molar-refractivity contribution < 1.29 is 23.0 Å². The third-order valence-corrected chi connectivity index (χ3v) is 1.81. The van der Waals surface area contributed by atoms with E-state index in [1.165, 1.54) is 25.1 Å². The molecule has 0 spiro atoms. The molecule has 14 heavy (non-hydrogen) atoms. The summed E-state index contributed by atoms with van der Waals surface area (Å²) in [6, 6.07) is 3.93. The smallest absolute Gasteiger partial charge is 0.395 e. The van der Waals surface area contributed by atoms with E-state index in [0.717, 1.165) is 0 Å². The zero-order chi connectivity index (χ0) is 10.3. The summed E-state index contributed by atoms with van der Waals surface area (Å²) in [5, 5.41) is 0. The number of fused-ring (bicyclic) bond motifs is 1. The SMILES string of the molecule is CC(=O)c1ccc2c(c1)OC(F)(F)O2. The van der Waals surface area contributed by atoms with Gasteiger partial charge in [0.25, 0.3) is 0 Å². The Morgan fingerprint density at radius 1 is 1.29 bits per heavy atom. The van der Waals surface area contributed by atoms with Crippen LogP contribution < -0.4 is 9.47 Å². The van der Waals surface area contributed by atoms with Crippen LogP contribution in [0.1, 0.15) is 17.3 Å². The van der Waals surface area contributed by atoms with Crippen LogP contribution in [0.2, 0.25) is 0 Å². The average Bonchev–Trinajstić information content (AvgIpc) is 2.36. The van der Waals surface area contributed by atoms with Gasteiger partial charge in [0, 0.05) is 5.56 Å². The van der Waals surface area contributed by atoms with Crippen molar-refractivity contribution in [1.29, 1.82) is 0 Å². The molecule has 1 aromatic rings. The lowest BCUT2D eigenvalue weighted by Gasteiger charge is -2.04. The summed E-state index contributed by atoms with van der Waals surface area (Å²) in [5.41, 5.74) is 0.310. The largest absolute Gasteiger partial charge is 0.586 e. The molecule has 0 aliphatic carbocycles. The summed E-state index contributed by atoms with van der Waals surface area (Å²) in [4.78, 5) is 10.9. The van der Waals surface area contributed by atoms with Crippen LogP contribution >= 0.6 is 0 Å². The van der Waals surface area contributed by atoms with Crippen molar-refractivity contribution in [3.05, 3.63) is 23.8 Å². The van der Waals surface area contributed by atoms with E-state index in [0.29, 0.717) is 5.56 Å². The number of ether oxygens (including phenoxy) is 2. The van der Waals surface area contributed by atoms with E-state index in [-0.39, 0.29) is 17.3 Å². The highest BCUT2D eigenvalue weighted by Crippen LogP contribution is 2.41. The van der Waals surface area contributed by atoms with Crippen LogP contribution in [0.5, 0.6) is 11.5 Å². The molecule has 1 heterocycles. The fourth-order valence-corrected chi connectivity index (χ4v) is 1.17. The van der Waals surface area contributed by atoms with E-state index < -0.39 is 6.29 Å². The number of benzene rings is 1. The van der Waals surface area contributed by atoms with E-state index in [1.807, 2.05) is 0 Å². The molecule has 0 saturated carbocycles. The van der Waals surface area contributed by atoms with Crippen molar-refractivity contribution in [2.45, 2.75) is 13.2 Å². The Morgan fingerprint density at radius 3 is 2.57 bits per heavy atom. The van der Waals surface area contributed by atoms with Gasteiger partial charge in [-0.25, -0.2) is 0 Å². The molecule has 0 radical (unpaired) electrons. The summed E-state index contributed by atoms with van der Waals surface area (Å²) < 4.78 is 33.4. The molecule has 3 nitrogen and oxygen atoms in total. The number of hydrogen-bond acceptors (Lipinski definition) is 3. The highest BCUT2D eigenvalue weighted by atomic mass is 19.3. The van der Waals surface area contributed by atoms with Gasteiger partial charge in [0.2, 0.25) is 0 Å². The molecule has 1 aromatic carbocycles. The van der Waals surface area contributed by atoms with Crippen LogP contribution in [-0.2, 0) is 0 Å². The molecule has 74 valence electrons. The molecule has 0 bridgehead atoms. The molecule has 0 aromatic heterocycles. The topological polar surface area (TPSA) is 35.5 Å². The molecular formula is C9H6F2O3. The first kappa shape index (κ1) is 8.93. The Hall–Kier alpha value is -1.65. The minimum Gasteiger partial charge on any atom is -0.395 e. The number of hydrogen-bond donors (Lipinski definition) is 0. The first-order valence-electron chi connectivity index (χ1n) is 3.89. The van der Waals surface area contributed by atoms with Crippen molar-refractivity contribution in [3.8, 4) is 11.5 Å². The minimum atomic E-state index is -3.63. The highest BCUT2D eigenvalue weighted by Gasteiger charge is 2.43. The molecular weight excluding hydrogens is 194 g/mol. The fourth-order valence-electron chi connectivity index (χ4n) is 1.17.